The van der Waals surface area contributed by atoms with E-state index in [1.54, 1.807) is 12.3 Å². The number of nitrogens with one attached hydrogen (secondary N) is 1. The van der Waals surface area contributed by atoms with Crippen molar-refractivity contribution in [1.82, 2.24) is 15.4 Å². The molecule has 0 spiro atoms. The summed E-state index contributed by atoms with van der Waals surface area (Å²) in [5.41, 5.74) is 5.42. The summed E-state index contributed by atoms with van der Waals surface area (Å²) in [6.07, 6.45) is 7.12. The molecule has 34 heavy (non-hydrogen) atoms. The summed E-state index contributed by atoms with van der Waals surface area (Å²) in [5.74, 6) is 1.01. The van der Waals surface area contributed by atoms with Crippen LogP contribution in [0.2, 0.25) is 0 Å². The number of hydrogen-bond acceptors (Lipinski definition) is 6. The number of hydrogen-bond donors (Lipinski definition) is 1. The minimum Gasteiger partial charge on any atom is -0.494 e. The van der Waals surface area contributed by atoms with Crippen molar-refractivity contribution in [3.8, 4) is 17.0 Å². The molecule has 2 heterocycles. The van der Waals surface area contributed by atoms with Gasteiger partial charge in [-0.1, -0.05) is 55.8 Å². The van der Waals surface area contributed by atoms with Gasteiger partial charge in [-0.25, -0.2) is 15.4 Å². The van der Waals surface area contributed by atoms with E-state index in [9.17, 15) is 4.79 Å². The van der Waals surface area contributed by atoms with Crippen LogP contribution in [-0.4, -0.2) is 41.8 Å². The Kier molecular flexibility index (Phi) is 8.22. The number of piperidine rings is 1. The Labute approximate surface area is 200 Å². The fraction of sp³-hybridized carbons (Fsp3) is 0.333. The fourth-order valence-corrected chi connectivity index (χ4v) is 3.78. The number of benzene rings is 2. The predicted octanol–water partition coefficient (Wildman–Crippen LogP) is 5.08. The maximum absolute atomic E-state index is 12.9. The molecule has 1 aromatic heterocycles. The molecule has 0 unspecified atom stereocenters. The van der Waals surface area contributed by atoms with Crippen molar-refractivity contribution in [2.24, 2.45) is 5.10 Å². The smallest absolute Gasteiger partial charge is 0.290 e. The molecule has 0 saturated carbocycles. The molecule has 1 N–H and O–H groups in total. The first-order valence-electron chi connectivity index (χ1n) is 12.0. The number of anilines is 1. The van der Waals surface area contributed by atoms with E-state index in [1.807, 2.05) is 54.6 Å². The summed E-state index contributed by atoms with van der Waals surface area (Å²) in [6.45, 7) is 4.61. The van der Waals surface area contributed by atoms with Gasteiger partial charge in [0.2, 0.25) is 5.95 Å². The Morgan fingerprint density at radius 3 is 2.68 bits per heavy atom. The zero-order valence-electron chi connectivity index (χ0n) is 19.6. The molecule has 1 amide bonds. The third-order valence-corrected chi connectivity index (χ3v) is 5.66. The first kappa shape index (κ1) is 23.4. The summed E-state index contributed by atoms with van der Waals surface area (Å²) < 4.78 is 5.74. The zero-order valence-corrected chi connectivity index (χ0v) is 19.6. The Balaban J connectivity index is 1.50. The third-order valence-electron chi connectivity index (χ3n) is 5.66. The molecule has 0 aliphatic carbocycles. The molecule has 0 atom stereocenters. The summed E-state index contributed by atoms with van der Waals surface area (Å²) in [5, 5.41) is 4.15. The van der Waals surface area contributed by atoms with Crippen molar-refractivity contribution in [1.29, 1.82) is 0 Å². The monoisotopic (exact) mass is 457 g/mol. The highest BCUT2D eigenvalue weighted by molar-refractivity contribution is 5.94. The molecule has 1 fully saturated rings. The number of nitrogens with zero attached hydrogens (tertiary/aromatic N) is 4. The molecule has 3 aromatic rings. The van der Waals surface area contributed by atoms with Crippen molar-refractivity contribution >= 4 is 18.1 Å². The fourth-order valence-electron chi connectivity index (χ4n) is 3.78. The van der Waals surface area contributed by atoms with Gasteiger partial charge in [0.15, 0.2) is 0 Å². The highest BCUT2D eigenvalue weighted by atomic mass is 16.5. The number of hydrazone groups is 1. The highest BCUT2D eigenvalue weighted by Gasteiger charge is 2.18. The summed E-state index contributed by atoms with van der Waals surface area (Å²) in [6, 6.07) is 19.2. The van der Waals surface area contributed by atoms with Crippen molar-refractivity contribution in [3.05, 3.63) is 71.9 Å². The van der Waals surface area contributed by atoms with Crippen LogP contribution < -0.4 is 15.1 Å². The van der Waals surface area contributed by atoms with E-state index in [1.165, 1.54) is 6.42 Å². The van der Waals surface area contributed by atoms with E-state index < -0.39 is 0 Å². The highest BCUT2D eigenvalue weighted by Crippen LogP contribution is 2.23. The molecule has 2 aromatic carbocycles. The number of rotatable bonds is 9. The SMILES string of the molecule is CCCCOc1cccc(/C=N/NC(=O)c2cc(-c3ccccc3)nc(N3CCCCC3)n2)c1. The molecule has 7 heteroatoms. The number of ether oxygens (including phenoxy) is 1. The van der Waals surface area contributed by atoms with Crippen LogP contribution in [0.25, 0.3) is 11.3 Å². The van der Waals surface area contributed by atoms with Gasteiger partial charge in [0.05, 0.1) is 18.5 Å². The largest absolute Gasteiger partial charge is 0.494 e. The molecule has 0 radical (unpaired) electrons. The second-order valence-electron chi connectivity index (χ2n) is 8.33. The van der Waals surface area contributed by atoms with Gasteiger partial charge in [-0.05, 0) is 49.4 Å². The topological polar surface area (TPSA) is 79.7 Å². The summed E-state index contributed by atoms with van der Waals surface area (Å²) >= 11 is 0. The van der Waals surface area contributed by atoms with Crippen molar-refractivity contribution in [2.75, 3.05) is 24.6 Å². The average Bonchev–Trinajstić information content (AvgIpc) is 2.90. The molecular weight excluding hydrogens is 426 g/mol. The van der Waals surface area contributed by atoms with Gasteiger partial charge in [-0.3, -0.25) is 4.79 Å². The maximum Gasteiger partial charge on any atom is 0.290 e. The summed E-state index contributed by atoms with van der Waals surface area (Å²) in [4.78, 5) is 24.4. The van der Waals surface area contributed by atoms with Crippen LogP contribution in [0.15, 0.2) is 65.8 Å². The van der Waals surface area contributed by atoms with Crippen LogP contribution in [0.1, 0.15) is 55.1 Å². The van der Waals surface area contributed by atoms with Crippen LogP contribution in [0.3, 0.4) is 0 Å². The van der Waals surface area contributed by atoms with E-state index in [-0.39, 0.29) is 5.91 Å². The molecule has 176 valence electrons. The number of carbonyl (C=O) groups is 1. The molecule has 4 rings (SSSR count). The molecule has 1 aliphatic rings. The van der Waals surface area contributed by atoms with E-state index in [0.717, 1.165) is 61.3 Å². The second kappa shape index (κ2) is 11.9. The number of unbranched alkanes of at least 4 members (excludes halogenated alkanes) is 1. The lowest BCUT2D eigenvalue weighted by Crippen LogP contribution is -2.32. The van der Waals surface area contributed by atoms with E-state index >= 15 is 0 Å². The molecular formula is C27H31N5O2. The lowest BCUT2D eigenvalue weighted by molar-refractivity contribution is 0.0950. The Morgan fingerprint density at radius 1 is 1.06 bits per heavy atom. The van der Waals surface area contributed by atoms with Crippen LogP contribution in [0.5, 0.6) is 5.75 Å². The Bertz CT molecular complexity index is 1110. The number of amides is 1. The lowest BCUT2D eigenvalue weighted by atomic mass is 10.1. The lowest BCUT2D eigenvalue weighted by Gasteiger charge is -2.27. The van der Waals surface area contributed by atoms with Crippen molar-refractivity contribution in [2.45, 2.75) is 39.0 Å². The molecule has 7 nitrogen and oxygen atoms in total. The first-order chi connectivity index (χ1) is 16.7. The minimum absolute atomic E-state index is 0.295. The molecule has 1 saturated heterocycles. The maximum atomic E-state index is 12.9. The van der Waals surface area contributed by atoms with Gasteiger partial charge in [0, 0.05) is 18.7 Å². The van der Waals surface area contributed by atoms with Crippen LogP contribution >= 0.6 is 0 Å². The van der Waals surface area contributed by atoms with E-state index in [4.69, 9.17) is 9.72 Å². The van der Waals surface area contributed by atoms with Crippen LogP contribution in [0.4, 0.5) is 5.95 Å². The normalized spacial score (nSPS) is 13.7. The average molecular weight is 458 g/mol. The molecule has 1 aliphatic heterocycles. The van der Waals surface area contributed by atoms with E-state index in [2.05, 4.69) is 27.3 Å². The van der Waals surface area contributed by atoms with E-state index in [0.29, 0.717) is 18.2 Å². The molecule has 0 bridgehead atoms. The van der Waals surface area contributed by atoms with Gasteiger partial charge < -0.3 is 9.64 Å². The Hall–Kier alpha value is -3.74. The second-order valence-corrected chi connectivity index (χ2v) is 8.33. The Morgan fingerprint density at radius 2 is 1.88 bits per heavy atom. The first-order valence-corrected chi connectivity index (χ1v) is 12.0. The van der Waals surface area contributed by atoms with Gasteiger partial charge in [0.25, 0.3) is 5.91 Å². The standard InChI is InChI=1S/C27H31N5O2/c1-2-3-17-34-23-14-10-11-21(18-23)20-28-31-26(33)25-19-24(22-12-6-4-7-13-22)29-27(30-25)32-15-8-5-9-16-32/h4,6-7,10-14,18-20H,2-3,5,8-9,15-17H2,1H3,(H,31,33)/b28-20+. The predicted molar refractivity (Wildman–Crippen MR) is 135 cm³/mol. The van der Waals surface area contributed by atoms with Crippen molar-refractivity contribution < 1.29 is 9.53 Å². The van der Waals surface area contributed by atoms with Gasteiger partial charge >= 0.3 is 0 Å². The van der Waals surface area contributed by atoms with Crippen LogP contribution in [0, 0.1) is 0 Å². The number of carbonyl (C=O) groups excluding carboxylic acids is 1. The number of aromatic nitrogens is 2. The van der Waals surface area contributed by atoms with Gasteiger partial charge in [-0.15, -0.1) is 0 Å². The summed E-state index contributed by atoms with van der Waals surface area (Å²) in [7, 11) is 0. The van der Waals surface area contributed by atoms with Gasteiger partial charge in [-0.2, -0.15) is 5.10 Å². The van der Waals surface area contributed by atoms with Crippen molar-refractivity contribution in [3.63, 3.8) is 0 Å². The zero-order chi connectivity index (χ0) is 23.6. The third kappa shape index (κ3) is 6.41. The van der Waals surface area contributed by atoms with Gasteiger partial charge in [0.1, 0.15) is 11.4 Å². The van der Waals surface area contributed by atoms with Crippen LogP contribution in [-0.2, 0) is 0 Å². The minimum atomic E-state index is -0.371. The quantitative estimate of drug-likeness (QED) is 0.275.